The number of nitrogens with zero attached hydrogens (tertiary/aromatic N) is 2. The minimum atomic E-state index is 0.421. The first kappa shape index (κ1) is 13.4. The van der Waals surface area contributed by atoms with E-state index in [-0.39, 0.29) is 0 Å². The van der Waals surface area contributed by atoms with Gasteiger partial charge in [0.15, 0.2) is 0 Å². The van der Waals surface area contributed by atoms with Crippen molar-refractivity contribution in [1.29, 1.82) is 0 Å². The van der Waals surface area contributed by atoms with Crippen molar-refractivity contribution in [3.05, 3.63) is 46.4 Å². The van der Waals surface area contributed by atoms with E-state index in [4.69, 9.17) is 16.3 Å². The van der Waals surface area contributed by atoms with Gasteiger partial charge in [0.05, 0.1) is 0 Å². The standard InChI is InChI=1S/C16H17ClN2O/c1-2-15-18-14(17)10-16(19-15)20-13-8-7-11-5-3-4-6-12(11)9-13/h7-10H,2-6H2,1H3. The second kappa shape index (κ2) is 5.80. The minimum absolute atomic E-state index is 0.421. The normalized spacial score (nSPS) is 13.9. The molecule has 1 aromatic carbocycles. The smallest absolute Gasteiger partial charge is 0.224 e. The van der Waals surface area contributed by atoms with Crippen molar-refractivity contribution in [1.82, 2.24) is 9.97 Å². The van der Waals surface area contributed by atoms with Gasteiger partial charge in [-0.2, -0.15) is 4.98 Å². The summed E-state index contributed by atoms with van der Waals surface area (Å²) in [6.45, 7) is 1.99. The Morgan fingerprint density at radius 3 is 2.70 bits per heavy atom. The van der Waals surface area contributed by atoms with Crippen molar-refractivity contribution in [3.8, 4) is 11.6 Å². The topological polar surface area (TPSA) is 35.0 Å². The second-order valence-electron chi connectivity index (χ2n) is 5.04. The molecule has 0 aliphatic heterocycles. The molecular weight excluding hydrogens is 272 g/mol. The number of rotatable bonds is 3. The van der Waals surface area contributed by atoms with Crippen LogP contribution < -0.4 is 4.74 Å². The van der Waals surface area contributed by atoms with E-state index >= 15 is 0 Å². The van der Waals surface area contributed by atoms with Crippen LogP contribution in [0.25, 0.3) is 0 Å². The van der Waals surface area contributed by atoms with Gasteiger partial charge >= 0.3 is 0 Å². The molecule has 20 heavy (non-hydrogen) atoms. The Morgan fingerprint density at radius 2 is 1.90 bits per heavy atom. The van der Waals surface area contributed by atoms with Gasteiger partial charge in [0.2, 0.25) is 5.88 Å². The monoisotopic (exact) mass is 288 g/mol. The Hall–Kier alpha value is -1.61. The van der Waals surface area contributed by atoms with E-state index in [1.807, 2.05) is 13.0 Å². The summed E-state index contributed by atoms with van der Waals surface area (Å²) in [5.74, 6) is 2.03. The zero-order chi connectivity index (χ0) is 13.9. The molecule has 2 aromatic rings. The first-order valence-electron chi connectivity index (χ1n) is 7.07. The van der Waals surface area contributed by atoms with E-state index in [9.17, 15) is 0 Å². The highest BCUT2D eigenvalue weighted by atomic mass is 35.5. The number of fused-ring (bicyclic) bond motifs is 1. The first-order chi connectivity index (χ1) is 9.74. The maximum absolute atomic E-state index is 5.98. The SMILES string of the molecule is CCc1nc(Cl)cc(Oc2ccc3c(c2)CCCC3)n1. The molecule has 0 N–H and O–H groups in total. The predicted molar refractivity (Wildman–Crippen MR) is 79.6 cm³/mol. The van der Waals surface area contributed by atoms with E-state index in [1.165, 1.54) is 30.4 Å². The highest BCUT2D eigenvalue weighted by Gasteiger charge is 2.11. The number of ether oxygens (including phenoxy) is 1. The van der Waals surface area contributed by atoms with E-state index in [1.54, 1.807) is 6.07 Å². The Bertz CT molecular complexity index is 628. The molecule has 0 atom stereocenters. The molecular formula is C16H17ClN2O. The van der Waals surface area contributed by atoms with Crippen LogP contribution in [0.5, 0.6) is 11.6 Å². The van der Waals surface area contributed by atoms with Gasteiger partial charge < -0.3 is 4.74 Å². The van der Waals surface area contributed by atoms with Crippen LogP contribution in [0.3, 0.4) is 0 Å². The fourth-order valence-corrected chi connectivity index (χ4v) is 2.74. The zero-order valence-corrected chi connectivity index (χ0v) is 12.3. The van der Waals surface area contributed by atoms with Gasteiger partial charge in [0.1, 0.15) is 16.7 Å². The van der Waals surface area contributed by atoms with Crippen molar-refractivity contribution in [2.45, 2.75) is 39.0 Å². The third-order valence-corrected chi connectivity index (χ3v) is 3.77. The summed E-state index contributed by atoms with van der Waals surface area (Å²) < 4.78 is 5.83. The number of halogens is 1. The molecule has 3 nitrogen and oxygen atoms in total. The van der Waals surface area contributed by atoms with Crippen molar-refractivity contribution >= 4 is 11.6 Å². The minimum Gasteiger partial charge on any atom is -0.439 e. The highest BCUT2D eigenvalue weighted by Crippen LogP contribution is 2.28. The molecule has 0 amide bonds. The van der Waals surface area contributed by atoms with E-state index < -0.39 is 0 Å². The lowest BCUT2D eigenvalue weighted by Crippen LogP contribution is -2.02. The van der Waals surface area contributed by atoms with Gasteiger partial charge in [-0.25, -0.2) is 4.98 Å². The average Bonchev–Trinajstić information content (AvgIpc) is 2.46. The summed E-state index contributed by atoms with van der Waals surface area (Å²) in [5, 5.41) is 0.421. The fraction of sp³-hybridized carbons (Fsp3) is 0.375. The van der Waals surface area contributed by atoms with Crippen LogP contribution in [0.1, 0.15) is 36.7 Å². The lowest BCUT2D eigenvalue weighted by atomic mass is 9.92. The largest absolute Gasteiger partial charge is 0.439 e. The lowest BCUT2D eigenvalue weighted by molar-refractivity contribution is 0.457. The number of hydrogen-bond donors (Lipinski definition) is 0. The van der Waals surface area contributed by atoms with Crippen LogP contribution in [0.4, 0.5) is 0 Å². The third kappa shape index (κ3) is 2.93. The molecule has 1 aliphatic carbocycles. The summed E-state index contributed by atoms with van der Waals surface area (Å²) in [7, 11) is 0. The molecule has 0 bridgehead atoms. The van der Waals surface area contributed by atoms with Crippen LogP contribution in [0, 0.1) is 0 Å². The Balaban J connectivity index is 1.85. The summed E-state index contributed by atoms with van der Waals surface area (Å²) in [5.41, 5.74) is 2.84. The Kier molecular flexibility index (Phi) is 3.88. The van der Waals surface area contributed by atoms with Gasteiger partial charge in [-0.3, -0.25) is 0 Å². The quantitative estimate of drug-likeness (QED) is 0.787. The van der Waals surface area contributed by atoms with Gasteiger partial charge in [-0.1, -0.05) is 24.6 Å². The zero-order valence-electron chi connectivity index (χ0n) is 11.5. The summed E-state index contributed by atoms with van der Waals surface area (Å²) in [4.78, 5) is 8.48. The number of aryl methyl sites for hydroxylation is 3. The van der Waals surface area contributed by atoms with E-state index in [0.717, 1.165) is 18.6 Å². The summed E-state index contributed by atoms with van der Waals surface area (Å²) >= 11 is 5.98. The molecule has 0 spiro atoms. The number of hydrogen-bond acceptors (Lipinski definition) is 3. The summed E-state index contributed by atoms with van der Waals surface area (Å²) in [6, 6.07) is 7.94. The van der Waals surface area contributed by atoms with Crippen molar-refractivity contribution in [2.24, 2.45) is 0 Å². The molecule has 4 heteroatoms. The molecule has 1 aliphatic rings. The van der Waals surface area contributed by atoms with Crippen LogP contribution in [-0.4, -0.2) is 9.97 Å². The molecule has 104 valence electrons. The predicted octanol–water partition coefficient (Wildman–Crippen LogP) is 4.36. The second-order valence-corrected chi connectivity index (χ2v) is 5.43. The van der Waals surface area contributed by atoms with Crippen LogP contribution in [-0.2, 0) is 19.3 Å². The number of aromatic nitrogens is 2. The van der Waals surface area contributed by atoms with Gasteiger partial charge in [-0.15, -0.1) is 0 Å². The Morgan fingerprint density at radius 1 is 1.10 bits per heavy atom. The molecule has 0 radical (unpaired) electrons. The van der Waals surface area contributed by atoms with Crippen molar-refractivity contribution in [3.63, 3.8) is 0 Å². The first-order valence-corrected chi connectivity index (χ1v) is 7.45. The van der Waals surface area contributed by atoms with Crippen molar-refractivity contribution < 1.29 is 4.74 Å². The maximum Gasteiger partial charge on any atom is 0.224 e. The molecule has 0 saturated heterocycles. The highest BCUT2D eigenvalue weighted by molar-refractivity contribution is 6.29. The number of benzene rings is 1. The molecule has 0 saturated carbocycles. The third-order valence-electron chi connectivity index (χ3n) is 3.58. The molecule has 1 aromatic heterocycles. The van der Waals surface area contributed by atoms with Gasteiger partial charge in [0.25, 0.3) is 0 Å². The van der Waals surface area contributed by atoms with E-state index in [2.05, 4.69) is 22.1 Å². The molecule has 1 heterocycles. The van der Waals surface area contributed by atoms with Gasteiger partial charge in [-0.05, 0) is 48.9 Å². The van der Waals surface area contributed by atoms with Gasteiger partial charge in [0, 0.05) is 12.5 Å². The average molecular weight is 289 g/mol. The fourth-order valence-electron chi connectivity index (χ4n) is 2.55. The van der Waals surface area contributed by atoms with Crippen LogP contribution in [0.15, 0.2) is 24.3 Å². The van der Waals surface area contributed by atoms with Crippen LogP contribution >= 0.6 is 11.6 Å². The molecule has 3 rings (SSSR count). The van der Waals surface area contributed by atoms with Crippen molar-refractivity contribution in [2.75, 3.05) is 0 Å². The van der Waals surface area contributed by atoms with Crippen LogP contribution in [0.2, 0.25) is 5.15 Å². The molecule has 0 unspecified atom stereocenters. The maximum atomic E-state index is 5.98. The Labute approximate surface area is 124 Å². The van der Waals surface area contributed by atoms with E-state index in [0.29, 0.717) is 16.9 Å². The summed E-state index contributed by atoms with van der Waals surface area (Å²) in [6.07, 6.45) is 5.59. The molecule has 0 fully saturated rings. The lowest BCUT2D eigenvalue weighted by Gasteiger charge is -2.16.